The molecule has 1 heterocycles. The zero-order chi connectivity index (χ0) is 13.6. The molecule has 1 aromatic heterocycles. The Balaban J connectivity index is 2.63. The first-order chi connectivity index (χ1) is 8.49. The smallest absolute Gasteiger partial charge is 0.314 e. The van der Waals surface area contributed by atoms with Crippen LogP contribution in [0.15, 0.2) is 18.2 Å². The standard InChI is InChI=1S/C13H19NO4/c1-13(2,12(16)17-3)9-18-11-6-4-5-10(14-11)7-8-15/h4-6,15H,7-9H2,1-3H3. The molecule has 18 heavy (non-hydrogen) atoms. The van der Waals surface area contributed by atoms with Crippen molar-refractivity contribution in [3.8, 4) is 5.88 Å². The summed E-state index contributed by atoms with van der Waals surface area (Å²) in [6.07, 6.45) is 0.484. The fourth-order valence-electron chi connectivity index (χ4n) is 1.38. The van der Waals surface area contributed by atoms with Crippen molar-refractivity contribution in [3.05, 3.63) is 23.9 Å². The maximum Gasteiger partial charge on any atom is 0.314 e. The predicted molar refractivity (Wildman–Crippen MR) is 66.3 cm³/mol. The van der Waals surface area contributed by atoms with Gasteiger partial charge in [-0.05, 0) is 19.9 Å². The number of pyridine rings is 1. The molecule has 0 saturated carbocycles. The Hall–Kier alpha value is -1.62. The zero-order valence-corrected chi connectivity index (χ0v) is 11.0. The third kappa shape index (κ3) is 4.00. The molecule has 0 radical (unpaired) electrons. The minimum atomic E-state index is -0.719. The molecule has 0 amide bonds. The van der Waals surface area contributed by atoms with Gasteiger partial charge in [0.25, 0.3) is 0 Å². The van der Waals surface area contributed by atoms with Crippen LogP contribution in [0.25, 0.3) is 0 Å². The van der Waals surface area contributed by atoms with Crippen molar-refractivity contribution in [2.75, 3.05) is 20.3 Å². The summed E-state index contributed by atoms with van der Waals surface area (Å²) in [5.74, 6) is 0.118. The molecule has 1 N–H and O–H groups in total. The second kappa shape index (κ2) is 6.35. The van der Waals surface area contributed by atoms with E-state index in [2.05, 4.69) is 4.98 Å². The van der Waals surface area contributed by atoms with Gasteiger partial charge >= 0.3 is 5.97 Å². The topological polar surface area (TPSA) is 68.7 Å². The number of carbonyl (C=O) groups is 1. The lowest BCUT2D eigenvalue weighted by atomic mass is 9.95. The molecule has 0 fully saturated rings. The first-order valence-corrected chi connectivity index (χ1v) is 5.77. The number of methoxy groups -OCH3 is 1. The lowest BCUT2D eigenvalue weighted by Gasteiger charge is -2.21. The van der Waals surface area contributed by atoms with Crippen molar-refractivity contribution < 1.29 is 19.4 Å². The third-order valence-electron chi connectivity index (χ3n) is 2.47. The molecule has 1 rings (SSSR count). The summed E-state index contributed by atoms with van der Waals surface area (Å²) in [5, 5.41) is 8.83. The van der Waals surface area contributed by atoms with Crippen LogP contribution < -0.4 is 4.74 Å². The largest absolute Gasteiger partial charge is 0.476 e. The van der Waals surface area contributed by atoms with E-state index in [0.717, 1.165) is 5.69 Å². The number of ether oxygens (including phenoxy) is 2. The monoisotopic (exact) mass is 253 g/mol. The summed E-state index contributed by atoms with van der Waals surface area (Å²) in [6, 6.07) is 5.33. The van der Waals surface area contributed by atoms with Gasteiger partial charge in [-0.3, -0.25) is 4.79 Å². The van der Waals surface area contributed by atoms with Crippen LogP contribution in [0.2, 0.25) is 0 Å². The minimum Gasteiger partial charge on any atom is -0.476 e. The quantitative estimate of drug-likeness (QED) is 0.771. The van der Waals surface area contributed by atoms with E-state index >= 15 is 0 Å². The fourth-order valence-corrected chi connectivity index (χ4v) is 1.38. The lowest BCUT2D eigenvalue weighted by Crippen LogP contribution is -2.32. The normalized spacial score (nSPS) is 11.1. The summed E-state index contributed by atoms with van der Waals surface area (Å²) < 4.78 is 10.2. The second-order valence-electron chi connectivity index (χ2n) is 4.60. The van der Waals surface area contributed by atoms with E-state index in [0.29, 0.717) is 12.3 Å². The molecular weight excluding hydrogens is 234 g/mol. The van der Waals surface area contributed by atoms with E-state index < -0.39 is 5.41 Å². The zero-order valence-electron chi connectivity index (χ0n) is 11.0. The van der Waals surface area contributed by atoms with Gasteiger partial charge in [0.05, 0.1) is 12.5 Å². The average Bonchev–Trinajstić information content (AvgIpc) is 2.36. The number of carbonyl (C=O) groups excluding carboxylic acids is 1. The molecule has 0 atom stereocenters. The molecule has 0 aliphatic rings. The van der Waals surface area contributed by atoms with Gasteiger partial charge in [-0.1, -0.05) is 6.07 Å². The van der Waals surface area contributed by atoms with Crippen molar-refractivity contribution in [2.45, 2.75) is 20.3 Å². The number of esters is 1. The molecule has 5 heteroatoms. The van der Waals surface area contributed by atoms with Crippen molar-refractivity contribution in [2.24, 2.45) is 5.41 Å². The second-order valence-corrected chi connectivity index (χ2v) is 4.60. The Kier molecular flexibility index (Phi) is 5.09. The van der Waals surface area contributed by atoms with Crippen LogP contribution in [0.5, 0.6) is 5.88 Å². The van der Waals surface area contributed by atoms with Crippen LogP contribution in [0, 0.1) is 5.41 Å². The maximum absolute atomic E-state index is 11.5. The summed E-state index contributed by atoms with van der Waals surface area (Å²) in [6.45, 7) is 3.73. The van der Waals surface area contributed by atoms with Crippen LogP contribution in [-0.2, 0) is 16.0 Å². The Morgan fingerprint density at radius 1 is 1.44 bits per heavy atom. The van der Waals surface area contributed by atoms with Crippen LogP contribution in [-0.4, -0.2) is 36.4 Å². The third-order valence-corrected chi connectivity index (χ3v) is 2.47. The van der Waals surface area contributed by atoms with Gasteiger partial charge in [0, 0.05) is 24.8 Å². The van der Waals surface area contributed by atoms with Gasteiger partial charge in [0.2, 0.25) is 5.88 Å². The number of aromatic nitrogens is 1. The van der Waals surface area contributed by atoms with Gasteiger partial charge in [0.15, 0.2) is 0 Å². The molecular formula is C13H19NO4. The van der Waals surface area contributed by atoms with E-state index in [1.807, 2.05) is 6.07 Å². The molecule has 0 aromatic carbocycles. The van der Waals surface area contributed by atoms with Crippen LogP contribution in [0.1, 0.15) is 19.5 Å². The molecule has 100 valence electrons. The summed E-state index contributed by atoms with van der Waals surface area (Å²) >= 11 is 0. The number of aliphatic hydroxyl groups excluding tert-OH is 1. The van der Waals surface area contributed by atoms with Crippen LogP contribution in [0.4, 0.5) is 0 Å². The molecule has 1 aromatic rings. The average molecular weight is 253 g/mol. The van der Waals surface area contributed by atoms with Crippen molar-refractivity contribution in [1.29, 1.82) is 0 Å². The highest BCUT2D eigenvalue weighted by atomic mass is 16.5. The molecule has 0 aliphatic carbocycles. The van der Waals surface area contributed by atoms with Crippen LogP contribution >= 0.6 is 0 Å². The van der Waals surface area contributed by atoms with E-state index in [1.165, 1.54) is 7.11 Å². The minimum absolute atomic E-state index is 0.0457. The van der Waals surface area contributed by atoms with E-state index in [1.54, 1.807) is 26.0 Å². The fraction of sp³-hybridized carbons (Fsp3) is 0.538. The van der Waals surface area contributed by atoms with Gasteiger partial charge in [-0.2, -0.15) is 0 Å². The Morgan fingerprint density at radius 3 is 2.78 bits per heavy atom. The van der Waals surface area contributed by atoms with Crippen molar-refractivity contribution >= 4 is 5.97 Å². The summed E-state index contributed by atoms with van der Waals surface area (Å²) in [5.41, 5.74) is 0.0366. The molecule has 0 aliphatic heterocycles. The summed E-state index contributed by atoms with van der Waals surface area (Å²) in [7, 11) is 1.35. The van der Waals surface area contributed by atoms with Gasteiger partial charge in [-0.25, -0.2) is 4.98 Å². The molecule has 0 bridgehead atoms. The molecule has 0 saturated heterocycles. The number of hydrogen-bond acceptors (Lipinski definition) is 5. The highest BCUT2D eigenvalue weighted by molar-refractivity contribution is 5.75. The number of hydrogen-bond donors (Lipinski definition) is 1. The van der Waals surface area contributed by atoms with Crippen molar-refractivity contribution in [3.63, 3.8) is 0 Å². The Morgan fingerprint density at radius 2 is 2.17 bits per heavy atom. The first-order valence-electron chi connectivity index (χ1n) is 5.77. The Bertz CT molecular complexity index is 404. The molecule has 0 spiro atoms. The first kappa shape index (κ1) is 14.4. The molecule has 5 nitrogen and oxygen atoms in total. The number of rotatable bonds is 6. The predicted octanol–water partition coefficient (Wildman–Crippen LogP) is 1.19. The van der Waals surface area contributed by atoms with E-state index in [9.17, 15) is 4.79 Å². The highest BCUT2D eigenvalue weighted by Crippen LogP contribution is 2.19. The lowest BCUT2D eigenvalue weighted by molar-refractivity contribution is -0.152. The summed E-state index contributed by atoms with van der Waals surface area (Å²) in [4.78, 5) is 15.7. The molecule has 0 unspecified atom stereocenters. The van der Waals surface area contributed by atoms with Crippen LogP contribution in [0.3, 0.4) is 0 Å². The highest BCUT2D eigenvalue weighted by Gasteiger charge is 2.29. The SMILES string of the molecule is COC(=O)C(C)(C)COc1cccc(CCO)n1. The van der Waals surface area contributed by atoms with E-state index in [4.69, 9.17) is 14.6 Å². The Labute approximate surface area is 107 Å². The maximum atomic E-state index is 11.5. The number of aliphatic hydroxyl groups is 1. The van der Waals surface area contributed by atoms with Crippen molar-refractivity contribution in [1.82, 2.24) is 4.98 Å². The van der Waals surface area contributed by atoms with Gasteiger partial charge < -0.3 is 14.6 Å². The van der Waals surface area contributed by atoms with E-state index in [-0.39, 0.29) is 19.2 Å². The number of nitrogens with zero attached hydrogens (tertiary/aromatic N) is 1. The van der Waals surface area contributed by atoms with Gasteiger partial charge in [0.1, 0.15) is 6.61 Å². The van der Waals surface area contributed by atoms with Gasteiger partial charge in [-0.15, -0.1) is 0 Å².